The van der Waals surface area contributed by atoms with E-state index in [1.54, 1.807) is 0 Å². The number of nitrogens with one attached hydrogen (secondary N) is 1. The topological polar surface area (TPSA) is 41.6 Å². The highest BCUT2D eigenvalue weighted by atomic mass is 16.5. The molecule has 0 radical (unpaired) electrons. The Kier molecular flexibility index (Phi) is 5.67. The van der Waals surface area contributed by atoms with Crippen molar-refractivity contribution >= 4 is 5.97 Å². The molecule has 4 heteroatoms. The molecule has 0 aromatic carbocycles. The van der Waals surface area contributed by atoms with Crippen LogP contribution in [0.4, 0.5) is 0 Å². The first kappa shape index (κ1) is 16.8. The van der Waals surface area contributed by atoms with E-state index in [0.29, 0.717) is 12.0 Å². The van der Waals surface area contributed by atoms with Crippen molar-refractivity contribution < 1.29 is 9.53 Å². The molecule has 0 bridgehead atoms. The Morgan fingerprint density at radius 1 is 1.43 bits per heavy atom. The van der Waals surface area contributed by atoms with Crippen LogP contribution in [0.25, 0.3) is 0 Å². The van der Waals surface area contributed by atoms with Crippen LogP contribution in [0, 0.1) is 11.8 Å². The molecule has 0 saturated heterocycles. The number of carbonyl (C=O) groups is 1. The molecule has 0 heterocycles. The molecule has 122 valence electrons. The Morgan fingerprint density at radius 2 is 2.14 bits per heavy atom. The fraction of sp³-hybridized carbons (Fsp3) is 0.941. The number of carbonyl (C=O) groups excluding carboxylic acids is 1. The van der Waals surface area contributed by atoms with Gasteiger partial charge in [-0.05, 0) is 71.0 Å². The van der Waals surface area contributed by atoms with Crippen LogP contribution < -0.4 is 5.32 Å². The van der Waals surface area contributed by atoms with Crippen molar-refractivity contribution in [2.45, 2.75) is 64.0 Å². The lowest BCUT2D eigenvalue weighted by Crippen LogP contribution is -2.55. The van der Waals surface area contributed by atoms with E-state index in [1.807, 2.05) is 0 Å². The summed E-state index contributed by atoms with van der Waals surface area (Å²) in [6.45, 7) is 6.30. The van der Waals surface area contributed by atoms with Gasteiger partial charge < -0.3 is 15.0 Å². The second-order valence-corrected chi connectivity index (χ2v) is 6.93. The van der Waals surface area contributed by atoms with Gasteiger partial charge in [-0.15, -0.1) is 0 Å². The number of nitrogens with zero attached hydrogens (tertiary/aromatic N) is 1. The molecule has 2 aliphatic carbocycles. The summed E-state index contributed by atoms with van der Waals surface area (Å²) in [6, 6.07) is 0.679. The SMILES string of the molecule is CCNC1(C(=O)OC)CCCC1CCN(C)C(C)C1CC1. The number of likely N-dealkylation sites (N-methyl/N-ethyl adjacent to an activating group) is 1. The van der Waals surface area contributed by atoms with Crippen molar-refractivity contribution in [3.63, 3.8) is 0 Å². The maximum Gasteiger partial charge on any atom is 0.326 e. The molecule has 2 saturated carbocycles. The highest BCUT2D eigenvalue weighted by Gasteiger charge is 2.49. The number of hydrogen-bond acceptors (Lipinski definition) is 4. The van der Waals surface area contributed by atoms with Crippen molar-refractivity contribution in [3.05, 3.63) is 0 Å². The lowest BCUT2D eigenvalue weighted by Gasteiger charge is -2.35. The number of methoxy groups -OCH3 is 1. The summed E-state index contributed by atoms with van der Waals surface area (Å²) in [5.41, 5.74) is -0.437. The van der Waals surface area contributed by atoms with Crippen molar-refractivity contribution in [1.82, 2.24) is 10.2 Å². The average molecular weight is 296 g/mol. The first-order chi connectivity index (χ1) is 10.0. The minimum atomic E-state index is -0.437. The number of ether oxygens (including phenoxy) is 1. The molecule has 0 aromatic rings. The third kappa shape index (κ3) is 3.59. The van der Waals surface area contributed by atoms with Crippen LogP contribution >= 0.6 is 0 Å². The molecule has 2 fully saturated rings. The van der Waals surface area contributed by atoms with Gasteiger partial charge in [0.1, 0.15) is 5.54 Å². The highest BCUT2D eigenvalue weighted by Crippen LogP contribution is 2.40. The normalized spacial score (nSPS) is 30.6. The molecule has 0 spiro atoms. The largest absolute Gasteiger partial charge is 0.468 e. The molecule has 0 aromatic heterocycles. The standard InChI is InChI=1S/C17H32N2O2/c1-5-18-17(16(20)21-4)11-6-7-15(17)10-12-19(3)13(2)14-8-9-14/h13-15,18H,5-12H2,1-4H3. The van der Waals surface area contributed by atoms with E-state index in [1.165, 1.54) is 20.0 Å². The predicted molar refractivity (Wildman–Crippen MR) is 85.2 cm³/mol. The Hall–Kier alpha value is -0.610. The molecule has 3 atom stereocenters. The van der Waals surface area contributed by atoms with Crippen molar-refractivity contribution in [1.29, 1.82) is 0 Å². The maximum absolute atomic E-state index is 12.3. The van der Waals surface area contributed by atoms with E-state index in [0.717, 1.165) is 44.7 Å². The monoisotopic (exact) mass is 296 g/mol. The third-order valence-electron chi connectivity index (χ3n) is 5.69. The van der Waals surface area contributed by atoms with Gasteiger partial charge in [0.25, 0.3) is 0 Å². The van der Waals surface area contributed by atoms with Gasteiger partial charge in [0.05, 0.1) is 7.11 Å². The summed E-state index contributed by atoms with van der Waals surface area (Å²) >= 11 is 0. The van der Waals surface area contributed by atoms with Gasteiger partial charge in [0, 0.05) is 6.04 Å². The van der Waals surface area contributed by atoms with E-state index in [4.69, 9.17) is 4.74 Å². The second-order valence-electron chi connectivity index (χ2n) is 6.93. The molecular weight excluding hydrogens is 264 g/mol. The minimum absolute atomic E-state index is 0.0651. The molecule has 2 rings (SSSR count). The lowest BCUT2D eigenvalue weighted by atomic mass is 9.84. The van der Waals surface area contributed by atoms with Gasteiger partial charge in [-0.25, -0.2) is 0 Å². The smallest absolute Gasteiger partial charge is 0.326 e. The molecule has 1 N–H and O–H groups in total. The van der Waals surface area contributed by atoms with E-state index >= 15 is 0 Å². The summed E-state index contributed by atoms with van der Waals surface area (Å²) in [5, 5.41) is 3.45. The number of hydrogen-bond donors (Lipinski definition) is 1. The number of rotatable bonds is 8. The first-order valence-corrected chi connectivity index (χ1v) is 8.58. The zero-order chi connectivity index (χ0) is 15.5. The highest BCUT2D eigenvalue weighted by molar-refractivity contribution is 5.81. The van der Waals surface area contributed by atoms with Crippen LogP contribution in [-0.4, -0.2) is 49.7 Å². The van der Waals surface area contributed by atoms with E-state index in [-0.39, 0.29) is 5.97 Å². The van der Waals surface area contributed by atoms with Crippen LogP contribution in [0.3, 0.4) is 0 Å². The summed E-state index contributed by atoms with van der Waals surface area (Å²) in [4.78, 5) is 14.8. The number of esters is 1. The van der Waals surface area contributed by atoms with Crippen molar-refractivity contribution in [2.75, 3.05) is 27.2 Å². The van der Waals surface area contributed by atoms with Gasteiger partial charge in [0.2, 0.25) is 0 Å². The molecular formula is C17H32N2O2. The quantitative estimate of drug-likeness (QED) is 0.699. The molecule has 4 nitrogen and oxygen atoms in total. The van der Waals surface area contributed by atoms with E-state index < -0.39 is 5.54 Å². The van der Waals surface area contributed by atoms with Gasteiger partial charge in [-0.1, -0.05) is 13.3 Å². The first-order valence-electron chi connectivity index (χ1n) is 8.58. The summed E-state index contributed by atoms with van der Waals surface area (Å²) < 4.78 is 5.11. The van der Waals surface area contributed by atoms with Crippen LogP contribution in [0.2, 0.25) is 0 Å². The van der Waals surface area contributed by atoms with Gasteiger partial charge in [-0.3, -0.25) is 4.79 Å². The van der Waals surface area contributed by atoms with Crippen LogP contribution in [0.1, 0.15) is 52.4 Å². The van der Waals surface area contributed by atoms with E-state index in [9.17, 15) is 4.79 Å². The van der Waals surface area contributed by atoms with Crippen molar-refractivity contribution in [3.8, 4) is 0 Å². The van der Waals surface area contributed by atoms with E-state index in [2.05, 4.69) is 31.1 Å². The van der Waals surface area contributed by atoms with Gasteiger partial charge >= 0.3 is 5.97 Å². The van der Waals surface area contributed by atoms with Crippen LogP contribution in [0.15, 0.2) is 0 Å². The molecule has 2 aliphatic rings. The Labute approximate surface area is 129 Å². The Bertz CT molecular complexity index is 357. The summed E-state index contributed by atoms with van der Waals surface area (Å²) in [7, 11) is 3.74. The molecule has 0 amide bonds. The van der Waals surface area contributed by atoms with Gasteiger partial charge in [0.15, 0.2) is 0 Å². The summed E-state index contributed by atoms with van der Waals surface area (Å²) in [6.07, 6.45) is 7.02. The lowest BCUT2D eigenvalue weighted by molar-refractivity contribution is -0.150. The fourth-order valence-corrected chi connectivity index (χ4v) is 4.04. The Balaban J connectivity index is 1.94. The fourth-order valence-electron chi connectivity index (χ4n) is 4.04. The van der Waals surface area contributed by atoms with Crippen LogP contribution in [-0.2, 0) is 9.53 Å². The zero-order valence-electron chi connectivity index (χ0n) is 14.2. The minimum Gasteiger partial charge on any atom is -0.468 e. The maximum atomic E-state index is 12.3. The van der Waals surface area contributed by atoms with Crippen molar-refractivity contribution in [2.24, 2.45) is 11.8 Å². The Morgan fingerprint density at radius 3 is 2.71 bits per heavy atom. The zero-order valence-corrected chi connectivity index (χ0v) is 14.2. The predicted octanol–water partition coefficient (Wildman–Crippen LogP) is 2.43. The average Bonchev–Trinajstić information content (AvgIpc) is 3.26. The molecule has 21 heavy (non-hydrogen) atoms. The molecule has 0 aliphatic heterocycles. The third-order valence-corrected chi connectivity index (χ3v) is 5.69. The summed E-state index contributed by atoms with van der Waals surface area (Å²) in [5.74, 6) is 1.24. The van der Waals surface area contributed by atoms with Crippen LogP contribution in [0.5, 0.6) is 0 Å². The second kappa shape index (κ2) is 7.10. The molecule has 3 unspecified atom stereocenters. The van der Waals surface area contributed by atoms with Gasteiger partial charge in [-0.2, -0.15) is 0 Å².